The van der Waals surface area contributed by atoms with Crippen molar-refractivity contribution in [1.82, 2.24) is 19.9 Å². The lowest BCUT2D eigenvalue weighted by atomic mass is 10.1. The maximum atomic E-state index is 12.9. The minimum absolute atomic E-state index is 0.0558. The summed E-state index contributed by atoms with van der Waals surface area (Å²) >= 11 is 0. The molecule has 0 aliphatic carbocycles. The molecule has 0 radical (unpaired) electrons. The number of methoxy groups -OCH3 is 1. The van der Waals surface area contributed by atoms with Gasteiger partial charge in [0.25, 0.3) is 5.91 Å². The number of carbonyl (C=O) groups is 1. The van der Waals surface area contributed by atoms with E-state index in [0.29, 0.717) is 12.1 Å². The lowest BCUT2D eigenvalue weighted by Crippen LogP contribution is -2.28. The van der Waals surface area contributed by atoms with E-state index in [1.807, 2.05) is 36.2 Å². The molecule has 3 aromatic rings. The van der Waals surface area contributed by atoms with Crippen molar-refractivity contribution in [2.24, 2.45) is 0 Å². The van der Waals surface area contributed by atoms with E-state index in [1.165, 1.54) is 0 Å². The minimum Gasteiger partial charge on any atom is -0.497 e. The molecule has 2 aromatic heterocycles. The van der Waals surface area contributed by atoms with Crippen molar-refractivity contribution < 1.29 is 9.53 Å². The number of hydrogen-bond donors (Lipinski definition) is 2. The number of nitrogens with one attached hydrogen (secondary N) is 2. The molecule has 1 unspecified atom stereocenters. The fourth-order valence-corrected chi connectivity index (χ4v) is 3.38. The van der Waals surface area contributed by atoms with E-state index in [4.69, 9.17) is 4.74 Å². The average molecular weight is 324 g/mol. The molecule has 1 aliphatic heterocycles. The maximum absolute atomic E-state index is 12.9. The van der Waals surface area contributed by atoms with E-state index in [1.54, 1.807) is 13.3 Å². The summed E-state index contributed by atoms with van der Waals surface area (Å²) in [5.41, 5.74) is 2.69. The first kappa shape index (κ1) is 14.8. The van der Waals surface area contributed by atoms with Crippen LogP contribution in [0.1, 0.15) is 34.2 Å². The second kappa shape index (κ2) is 5.70. The largest absolute Gasteiger partial charge is 0.497 e. The number of hydrogen-bond acceptors (Lipinski definition) is 3. The highest BCUT2D eigenvalue weighted by molar-refractivity contribution is 6.07. The van der Waals surface area contributed by atoms with E-state index in [-0.39, 0.29) is 11.8 Å². The third-order valence-corrected chi connectivity index (χ3v) is 4.70. The molecule has 1 aliphatic rings. The smallest absolute Gasteiger partial charge is 0.256 e. The summed E-state index contributed by atoms with van der Waals surface area (Å²) in [6.45, 7) is 3.44. The summed E-state index contributed by atoms with van der Waals surface area (Å²) < 4.78 is 5.28. The second-order valence-electron chi connectivity index (χ2n) is 6.30. The van der Waals surface area contributed by atoms with Crippen molar-refractivity contribution in [3.8, 4) is 5.75 Å². The van der Waals surface area contributed by atoms with Crippen LogP contribution in [0.4, 0.5) is 0 Å². The van der Waals surface area contributed by atoms with Gasteiger partial charge in [0, 0.05) is 48.0 Å². The molecule has 6 heteroatoms. The summed E-state index contributed by atoms with van der Waals surface area (Å²) in [6.07, 6.45) is 4.56. The molecule has 0 saturated carbocycles. The first-order chi connectivity index (χ1) is 11.7. The molecular weight excluding hydrogens is 304 g/mol. The van der Waals surface area contributed by atoms with E-state index in [2.05, 4.69) is 15.0 Å². The molecule has 1 atom stereocenters. The van der Waals surface area contributed by atoms with Gasteiger partial charge in [-0.1, -0.05) is 0 Å². The zero-order valence-electron chi connectivity index (χ0n) is 13.8. The Bertz CT molecular complexity index is 895. The van der Waals surface area contributed by atoms with Crippen molar-refractivity contribution in [2.75, 3.05) is 20.2 Å². The summed E-state index contributed by atoms with van der Waals surface area (Å²) in [7, 11) is 1.63. The molecule has 0 bridgehead atoms. The van der Waals surface area contributed by atoms with Gasteiger partial charge in [-0.05, 0) is 31.5 Å². The average Bonchev–Trinajstić information content (AvgIpc) is 3.32. The highest BCUT2D eigenvalue weighted by Crippen LogP contribution is 2.29. The van der Waals surface area contributed by atoms with Gasteiger partial charge >= 0.3 is 0 Å². The van der Waals surface area contributed by atoms with Crippen LogP contribution in [0.3, 0.4) is 0 Å². The second-order valence-corrected chi connectivity index (χ2v) is 6.30. The SMILES string of the molecule is COc1ccc2[nH]cc(C(=O)N3CCC(c4ncc(C)[nH]4)C3)c2c1. The third kappa shape index (κ3) is 2.44. The van der Waals surface area contributed by atoms with Crippen molar-refractivity contribution in [3.63, 3.8) is 0 Å². The van der Waals surface area contributed by atoms with Crippen molar-refractivity contribution in [3.05, 3.63) is 47.7 Å². The summed E-state index contributed by atoms with van der Waals surface area (Å²) in [6, 6.07) is 5.73. The first-order valence-electron chi connectivity index (χ1n) is 8.11. The van der Waals surface area contributed by atoms with E-state index in [0.717, 1.165) is 41.1 Å². The number of carbonyl (C=O) groups excluding carboxylic acids is 1. The van der Waals surface area contributed by atoms with Crippen molar-refractivity contribution in [1.29, 1.82) is 0 Å². The number of ether oxygens (including phenoxy) is 1. The molecule has 4 rings (SSSR count). The summed E-state index contributed by atoms with van der Waals surface area (Å²) in [5, 5.41) is 0.900. The highest BCUT2D eigenvalue weighted by Gasteiger charge is 2.30. The Morgan fingerprint density at radius 3 is 3.04 bits per heavy atom. The number of rotatable bonds is 3. The first-order valence-corrected chi connectivity index (χ1v) is 8.11. The summed E-state index contributed by atoms with van der Waals surface area (Å²) in [4.78, 5) is 25.7. The molecule has 2 N–H and O–H groups in total. The molecule has 24 heavy (non-hydrogen) atoms. The number of fused-ring (bicyclic) bond motifs is 1. The van der Waals surface area contributed by atoms with Crippen LogP contribution in [0.25, 0.3) is 10.9 Å². The number of aromatic nitrogens is 3. The predicted molar refractivity (Wildman–Crippen MR) is 91.4 cm³/mol. The zero-order valence-corrected chi connectivity index (χ0v) is 13.8. The van der Waals surface area contributed by atoms with Crippen molar-refractivity contribution in [2.45, 2.75) is 19.3 Å². The minimum atomic E-state index is 0.0558. The van der Waals surface area contributed by atoms with E-state index < -0.39 is 0 Å². The lowest BCUT2D eigenvalue weighted by Gasteiger charge is -2.15. The number of amides is 1. The van der Waals surface area contributed by atoms with Crippen LogP contribution in [-0.4, -0.2) is 46.0 Å². The number of nitrogens with zero attached hydrogens (tertiary/aromatic N) is 2. The van der Waals surface area contributed by atoms with Crippen LogP contribution >= 0.6 is 0 Å². The number of H-pyrrole nitrogens is 2. The molecule has 1 saturated heterocycles. The van der Waals surface area contributed by atoms with Crippen LogP contribution in [0.15, 0.2) is 30.6 Å². The standard InChI is InChI=1S/C18H20N4O2/c1-11-8-20-17(21-11)12-5-6-22(10-12)18(23)15-9-19-16-4-3-13(24-2)7-14(15)16/h3-4,7-9,12,19H,5-6,10H2,1-2H3,(H,20,21). The Balaban J connectivity index is 1.58. The fourth-order valence-electron chi connectivity index (χ4n) is 3.38. The normalized spacial score (nSPS) is 17.6. The predicted octanol–water partition coefficient (Wildman–Crippen LogP) is 2.84. The van der Waals surface area contributed by atoms with Gasteiger partial charge in [0.1, 0.15) is 11.6 Å². The topological polar surface area (TPSA) is 74.0 Å². The molecule has 0 spiro atoms. The Morgan fingerprint density at radius 2 is 2.29 bits per heavy atom. The molecule has 3 heterocycles. The van der Waals surface area contributed by atoms with Gasteiger partial charge in [-0.3, -0.25) is 4.79 Å². The fraction of sp³-hybridized carbons (Fsp3) is 0.333. The van der Waals surface area contributed by atoms with Gasteiger partial charge in [-0.25, -0.2) is 4.98 Å². The van der Waals surface area contributed by atoms with Crippen LogP contribution in [0, 0.1) is 6.92 Å². The molecule has 1 aromatic carbocycles. The lowest BCUT2D eigenvalue weighted by molar-refractivity contribution is 0.0792. The van der Waals surface area contributed by atoms with E-state index in [9.17, 15) is 4.79 Å². The zero-order chi connectivity index (χ0) is 16.7. The molecular formula is C18H20N4O2. The van der Waals surface area contributed by atoms with Gasteiger partial charge in [0.15, 0.2) is 0 Å². The maximum Gasteiger partial charge on any atom is 0.256 e. The number of imidazole rings is 1. The van der Waals surface area contributed by atoms with Crippen molar-refractivity contribution >= 4 is 16.8 Å². The molecule has 1 fully saturated rings. The van der Waals surface area contributed by atoms with Gasteiger partial charge < -0.3 is 19.6 Å². The number of benzene rings is 1. The highest BCUT2D eigenvalue weighted by atomic mass is 16.5. The van der Waals surface area contributed by atoms with Gasteiger partial charge in [0.05, 0.1) is 12.7 Å². The summed E-state index contributed by atoms with van der Waals surface area (Å²) in [5.74, 6) is 2.06. The van der Waals surface area contributed by atoms with Gasteiger partial charge in [-0.15, -0.1) is 0 Å². The monoisotopic (exact) mass is 324 g/mol. The van der Waals surface area contributed by atoms with E-state index >= 15 is 0 Å². The number of likely N-dealkylation sites (tertiary alicyclic amines) is 1. The Hall–Kier alpha value is -2.76. The van der Waals surface area contributed by atoms with Crippen LogP contribution in [-0.2, 0) is 0 Å². The third-order valence-electron chi connectivity index (χ3n) is 4.70. The van der Waals surface area contributed by atoms with Gasteiger partial charge in [-0.2, -0.15) is 0 Å². The number of aromatic amines is 2. The molecule has 6 nitrogen and oxygen atoms in total. The molecule has 124 valence electrons. The molecule has 1 amide bonds. The number of aryl methyl sites for hydroxylation is 1. The van der Waals surface area contributed by atoms with Crippen LogP contribution < -0.4 is 4.74 Å². The van der Waals surface area contributed by atoms with Crippen LogP contribution in [0.2, 0.25) is 0 Å². The quantitative estimate of drug-likeness (QED) is 0.778. The Labute approximate surface area is 139 Å². The Kier molecular flexibility index (Phi) is 3.52. The Morgan fingerprint density at radius 1 is 1.42 bits per heavy atom. The van der Waals surface area contributed by atoms with Gasteiger partial charge in [0.2, 0.25) is 0 Å². The van der Waals surface area contributed by atoms with Crippen LogP contribution in [0.5, 0.6) is 5.75 Å².